The van der Waals surface area contributed by atoms with Crippen LogP contribution in [0.1, 0.15) is 29.1 Å². The number of benzene rings is 1. The van der Waals surface area contributed by atoms with Crippen LogP contribution in [0.25, 0.3) is 0 Å². The zero-order valence-electron chi connectivity index (χ0n) is 10.5. The van der Waals surface area contributed by atoms with E-state index >= 15 is 0 Å². The Morgan fingerprint density at radius 3 is 2.65 bits per heavy atom. The lowest BCUT2D eigenvalue weighted by atomic mass is 10.1. The largest absolute Gasteiger partial charge is 0.433 e. The van der Waals surface area contributed by atoms with Crippen LogP contribution in [0.4, 0.5) is 5.88 Å². The zero-order chi connectivity index (χ0) is 14.7. The smallest absolute Gasteiger partial charge is 0.395 e. The van der Waals surface area contributed by atoms with Crippen LogP contribution in [-0.2, 0) is 0 Å². The zero-order valence-corrected chi connectivity index (χ0v) is 11.3. The number of carbonyl (C=O) groups excluding carboxylic acids is 1. The summed E-state index contributed by atoms with van der Waals surface area (Å²) in [4.78, 5) is 21.7. The molecule has 0 aliphatic heterocycles. The highest BCUT2D eigenvalue weighted by Crippen LogP contribution is 2.23. The Hall–Kier alpha value is -2.34. The average molecular weight is 295 g/mol. The maximum atomic E-state index is 11.9. The Morgan fingerprint density at radius 1 is 1.35 bits per heavy atom. The molecule has 2 rings (SSSR count). The fourth-order valence-electron chi connectivity index (χ4n) is 1.72. The molecule has 1 aromatic carbocycles. The number of carbonyl (C=O) groups is 1. The standard InChI is InChI=1S/C13H11ClN2O4/c1-8(9-4-2-3-5-10(9)14)15-13(17)11-6-7-12(20-11)16(18)19/h2-8H,1H3,(H,15,17). The number of nitro groups is 1. The highest BCUT2D eigenvalue weighted by Gasteiger charge is 2.19. The summed E-state index contributed by atoms with van der Waals surface area (Å²) in [5.41, 5.74) is 0.753. The van der Waals surface area contributed by atoms with Crippen molar-refractivity contribution in [1.29, 1.82) is 0 Å². The topological polar surface area (TPSA) is 85.4 Å². The Morgan fingerprint density at radius 2 is 2.05 bits per heavy atom. The van der Waals surface area contributed by atoms with Gasteiger partial charge in [-0.15, -0.1) is 0 Å². The van der Waals surface area contributed by atoms with Gasteiger partial charge >= 0.3 is 5.88 Å². The van der Waals surface area contributed by atoms with E-state index in [1.807, 2.05) is 6.07 Å². The number of furan rings is 1. The van der Waals surface area contributed by atoms with Crippen molar-refractivity contribution in [1.82, 2.24) is 5.32 Å². The van der Waals surface area contributed by atoms with Gasteiger partial charge in [0.1, 0.15) is 4.92 Å². The third kappa shape index (κ3) is 2.97. The van der Waals surface area contributed by atoms with E-state index in [-0.39, 0.29) is 11.8 Å². The summed E-state index contributed by atoms with van der Waals surface area (Å²) in [6, 6.07) is 9.15. The van der Waals surface area contributed by atoms with Gasteiger partial charge in [-0.3, -0.25) is 14.9 Å². The minimum atomic E-state index is -0.700. The van der Waals surface area contributed by atoms with E-state index in [0.717, 1.165) is 11.6 Å². The lowest BCUT2D eigenvalue weighted by molar-refractivity contribution is -0.402. The second-order valence-electron chi connectivity index (χ2n) is 4.11. The molecular formula is C13H11ClN2O4. The maximum Gasteiger partial charge on any atom is 0.433 e. The van der Waals surface area contributed by atoms with E-state index in [4.69, 9.17) is 16.0 Å². The molecule has 0 bridgehead atoms. The molecule has 104 valence electrons. The van der Waals surface area contributed by atoms with Crippen molar-refractivity contribution < 1.29 is 14.1 Å². The van der Waals surface area contributed by atoms with Crippen molar-refractivity contribution in [3.63, 3.8) is 0 Å². The molecule has 1 amide bonds. The van der Waals surface area contributed by atoms with Gasteiger partial charge in [-0.05, 0) is 24.6 Å². The highest BCUT2D eigenvalue weighted by atomic mass is 35.5. The fraction of sp³-hybridized carbons (Fsp3) is 0.154. The number of nitrogens with one attached hydrogen (secondary N) is 1. The van der Waals surface area contributed by atoms with Crippen molar-refractivity contribution in [2.75, 3.05) is 0 Å². The van der Waals surface area contributed by atoms with Gasteiger partial charge in [0.25, 0.3) is 5.91 Å². The first-order valence-electron chi connectivity index (χ1n) is 5.78. The van der Waals surface area contributed by atoms with Gasteiger partial charge in [0.05, 0.1) is 12.1 Å². The lowest BCUT2D eigenvalue weighted by Gasteiger charge is -2.14. The van der Waals surface area contributed by atoms with E-state index < -0.39 is 16.7 Å². The number of hydrogen-bond acceptors (Lipinski definition) is 4. The molecule has 20 heavy (non-hydrogen) atoms. The first kappa shape index (κ1) is 14.1. The second-order valence-corrected chi connectivity index (χ2v) is 4.52. The van der Waals surface area contributed by atoms with E-state index in [1.54, 1.807) is 25.1 Å². The van der Waals surface area contributed by atoms with Crippen LogP contribution < -0.4 is 5.32 Å². The van der Waals surface area contributed by atoms with Gasteiger partial charge in [0.2, 0.25) is 0 Å². The van der Waals surface area contributed by atoms with Crippen molar-refractivity contribution >= 4 is 23.4 Å². The highest BCUT2D eigenvalue weighted by molar-refractivity contribution is 6.31. The first-order chi connectivity index (χ1) is 9.49. The molecule has 0 spiro atoms. The Labute approximate surface area is 119 Å². The molecule has 2 aromatic rings. The molecule has 0 aliphatic rings. The Balaban J connectivity index is 2.11. The number of hydrogen-bond donors (Lipinski definition) is 1. The van der Waals surface area contributed by atoms with E-state index in [2.05, 4.69) is 5.32 Å². The molecule has 1 unspecified atom stereocenters. The third-order valence-electron chi connectivity index (χ3n) is 2.71. The minimum Gasteiger partial charge on any atom is -0.395 e. The van der Waals surface area contributed by atoms with Crippen LogP contribution in [0.2, 0.25) is 5.02 Å². The minimum absolute atomic E-state index is 0.115. The van der Waals surface area contributed by atoms with Crippen molar-refractivity contribution in [2.24, 2.45) is 0 Å². The van der Waals surface area contributed by atoms with Crippen molar-refractivity contribution in [2.45, 2.75) is 13.0 Å². The Bertz CT molecular complexity index is 653. The molecule has 1 aromatic heterocycles. The van der Waals surface area contributed by atoms with Gasteiger partial charge in [0.15, 0.2) is 5.76 Å². The summed E-state index contributed by atoms with van der Waals surface area (Å²) >= 11 is 6.03. The van der Waals surface area contributed by atoms with Crippen LogP contribution in [0, 0.1) is 10.1 Å². The molecule has 0 radical (unpaired) electrons. The summed E-state index contributed by atoms with van der Waals surface area (Å²) in [5.74, 6) is -1.12. The molecular weight excluding hydrogens is 284 g/mol. The van der Waals surface area contributed by atoms with Gasteiger partial charge < -0.3 is 9.73 Å². The predicted octanol–water partition coefficient (Wildman–Crippen LogP) is 3.33. The first-order valence-corrected chi connectivity index (χ1v) is 6.16. The van der Waals surface area contributed by atoms with Crippen LogP contribution in [0.3, 0.4) is 0 Å². The number of nitrogens with zero attached hydrogens (tertiary/aromatic N) is 1. The van der Waals surface area contributed by atoms with Gasteiger partial charge in [-0.1, -0.05) is 29.8 Å². The number of halogens is 1. The van der Waals surface area contributed by atoms with Crippen LogP contribution >= 0.6 is 11.6 Å². The predicted molar refractivity (Wildman–Crippen MR) is 72.7 cm³/mol. The van der Waals surface area contributed by atoms with Crippen LogP contribution in [-0.4, -0.2) is 10.8 Å². The van der Waals surface area contributed by atoms with Gasteiger partial charge in [-0.2, -0.15) is 0 Å². The van der Waals surface area contributed by atoms with Gasteiger partial charge in [0, 0.05) is 5.02 Å². The summed E-state index contributed by atoms with van der Waals surface area (Å²) in [6.07, 6.45) is 0. The van der Waals surface area contributed by atoms with E-state index in [0.29, 0.717) is 5.02 Å². The van der Waals surface area contributed by atoms with E-state index in [1.165, 1.54) is 6.07 Å². The molecule has 0 fully saturated rings. The molecule has 6 nitrogen and oxygen atoms in total. The summed E-state index contributed by atoms with van der Waals surface area (Å²) in [7, 11) is 0. The monoisotopic (exact) mass is 294 g/mol. The average Bonchev–Trinajstić information content (AvgIpc) is 2.88. The third-order valence-corrected chi connectivity index (χ3v) is 3.06. The summed E-state index contributed by atoms with van der Waals surface area (Å²) in [6.45, 7) is 1.76. The number of amides is 1. The lowest BCUT2D eigenvalue weighted by Crippen LogP contribution is -2.26. The quantitative estimate of drug-likeness (QED) is 0.692. The number of rotatable bonds is 4. The molecule has 1 atom stereocenters. The Kier molecular flexibility index (Phi) is 4.05. The molecule has 1 N–H and O–H groups in total. The fourth-order valence-corrected chi connectivity index (χ4v) is 2.02. The summed E-state index contributed by atoms with van der Waals surface area (Å²) < 4.78 is 4.83. The van der Waals surface area contributed by atoms with E-state index in [9.17, 15) is 14.9 Å². The van der Waals surface area contributed by atoms with Crippen LogP contribution in [0.5, 0.6) is 0 Å². The van der Waals surface area contributed by atoms with Gasteiger partial charge in [-0.25, -0.2) is 0 Å². The normalized spacial score (nSPS) is 11.9. The second kappa shape index (κ2) is 5.75. The molecule has 1 heterocycles. The molecule has 0 aliphatic carbocycles. The molecule has 0 saturated carbocycles. The molecule has 0 saturated heterocycles. The SMILES string of the molecule is CC(NC(=O)c1ccc([N+](=O)[O-])o1)c1ccccc1Cl. The van der Waals surface area contributed by atoms with Crippen molar-refractivity contribution in [3.05, 3.63) is 62.9 Å². The molecule has 7 heteroatoms. The van der Waals surface area contributed by atoms with Crippen LogP contribution in [0.15, 0.2) is 40.8 Å². The maximum absolute atomic E-state index is 11.9. The summed E-state index contributed by atoms with van der Waals surface area (Å²) in [5, 5.41) is 13.7. The van der Waals surface area contributed by atoms with Crippen molar-refractivity contribution in [3.8, 4) is 0 Å².